The first kappa shape index (κ1) is 13.3. The Morgan fingerprint density at radius 3 is 2.90 bits per heavy atom. The number of rotatable bonds is 4. The molecule has 2 heterocycles. The summed E-state index contributed by atoms with van der Waals surface area (Å²) < 4.78 is 5.25. The standard InChI is InChI=1S/C15H21N3O2/c1-19-15-3-2-13-9-17-18(10-14(13)8-15)20-11-12-4-6-16-7-5-12/h2-3,8-10,12,16-17H,4-7,11H2,1H3. The van der Waals surface area contributed by atoms with Crippen LogP contribution in [0, 0.1) is 5.92 Å². The summed E-state index contributed by atoms with van der Waals surface area (Å²) in [5, 5.41) is 7.27. The van der Waals surface area contributed by atoms with Crippen LogP contribution < -0.4 is 25.9 Å². The van der Waals surface area contributed by atoms with Gasteiger partial charge in [-0.15, -0.1) is 0 Å². The summed E-state index contributed by atoms with van der Waals surface area (Å²) in [7, 11) is 1.68. The van der Waals surface area contributed by atoms with Gasteiger partial charge in [0.2, 0.25) is 0 Å². The van der Waals surface area contributed by atoms with Crippen LogP contribution in [0.1, 0.15) is 12.8 Å². The molecule has 0 atom stereocenters. The number of piperidine rings is 1. The van der Waals surface area contributed by atoms with Crippen molar-refractivity contribution in [2.24, 2.45) is 5.92 Å². The second kappa shape index (κ2) is 6.15. The van der Waals surface area contributed by atoms with Gasteiger partial charge in [0.1, 0.15) is 5.75 Å². The largest absolute Gasteiger partial charge is 0.497 e. The number of nitrogens with zero attached hydrogens (tertiary/aromatic N) is 1. The molecule has 5 nitrogen and oxygen atoms in total. The van der Waals surface area contributed by atoms with E-state index in [0.717, 1.165) is 35.9 Å². The molecule has 0 saturated carbocycles. The van der Waals surface area contributed by atoms with Gasteiger partial charge >= 0.3 is 0 Å². The van der Waals surface area contributed by atoms with Crippen molar-refractivity contribution >= 4 is 12.4 Å². The van der Waals surface area contributed by atoms with Crippen molar-refractivity contribution in [2.75, 3.05) is 26.8 Å². The summed E-state index contributed by atoms with van der Waals surface area (Å²) >= 11 is 0. The fraction of sp³-hybridized carbons (Fsp3) is 0.467. The molecule has 20 heavy (non-hydrogen) atoms. The Balaban J connectivity index is 1.65. The molecule has 0 unspecified atom stereocenters. The van der Waals surface area contributed by atoms with Crippen molar-refractivity contribution in [3.8, 4) is 5.75 Å². The number of hydrazine groups is 1. The lowest BCUT2D eigenvalue weighted by Gasteiger charge is -2.27. The number of hydrogen-bond acceptors (Lipinski definition) is 5. The van der Waals surface area contributed by atoms with Crippen LogP contribution in [0.5, 0.6) is 5.75 Å². The van der Waals surface area contributed by atoms with Crippen LogP contribution in [-0.2, 0) is 4.84 Å². The van der Waals surface area contributed by atoms with Gasteiger partial charge in [0.15, 0.2) is 0 Å². The van der Waals surface area contributed by atoms with Crippen molar-refractivity contribution in [3.63, 3.8) is 0 Å². The lowest BCUT2D eigenvalue weighted by Crippen LogP contribution is -2.43. The van der Waals surface area contributed by atoms with Gasteiger partial charge in [-0.05, 0) is 50.0 Å². The first-order valence-electron chi connectivity index (χ1n) is 7.10. The molecule has 2 N–H and O–H groups in total. The third kappa shape index (κ3) is 3.05. The third-order valence-corrected chi connectivity index (χ3v) is 3.81. The fourth-order valence-electron chi connectivity index (χ4n) is 2.53. The number of hydrogen-bond donors (Lipinski definition) is 2. The third-order valence-electron chi connectivity index (χ3n) is 3.81. The molecule has 108 valence electrons. The molecule has 1 aromatic carbocycles. The van der Waals surface area contributed by atoms with Crippen molar-refractivity contribution in [1.29, 1.82) is 0 Å². The summed E-state index contributed by atoms with van der Waals surface area (Å²) in [6.45, 7) is 2.94. The molecule has 0 radical (unpaired) electrons. The van der Waals surface area contributed by atoms with Crippen LogP contribution in [0.25, 0.3) is 12.4 Å². The van der Waals surface area contributed by atoms with E-state index in [2.05, 4.69) is 10.7 Å². The lowest BCUT2D eigenvalue weighted by atomic mass is 10.00. The maximum absolute atomic E-state index is 5.82. The maximum Gasteiger partial charge on any atom is 0.119 e. The highest BCUT2D eigenvalue weighted by atomic mass is 16.7. The summed E-state index contributed by atoms with van der Waals surface area (Å²) in [6.07, 6.45) is 6.26. The molecule has 1 fully saturated rings. The van der Waals surface area contributed by atoms with E-state index in [0.29, 0.717) is 5.92 Å². The van der Waals surface area contributed by atoms with E-state index < -0.39 is 0 Å². The Hall–Kier alpha value is -1.72. The summed E-state index contributed by atoms with van der Waals surface area (Å²) in [5.41, 5.74) is 3.13. The maximum atomic E-state index is 5.82. The molecule has 2 aliphatic heterocycles. The summed E-state index contributed by atoms with van der Waals surface area (Å²) in [5.74, 6) is 1.49. The molecule has 0 bridgehead atoms. The van der Waals surface area contributed by atoms with Crippen LogP contribution in [0.15, 0.2) is 18.2 Å². The molecule has 3 rings (SSSR count). The minimum Gasteiger partial charge on any atom is -0.497 e. The SMILES string of the molecule is COc1ccc2c(c1)=CN(OCC1CCNCC1)NC=2. The number of fused-ring (bicyclic) bond motifs is 1. The zero-order valence-corrected chi connectivity index (χ0v) is 11.8. The van der Waals surface area contributed by atoms with Gasteiger partial charge in [-0.1, -0.05) is 0 Å². The second-order valence-electron chi connectivity index (χ2n) is 5.21. The van der Waals surface area contributed by atoms with E-state index in [-0.39, 0.29) is 0 Å². The minimum absolute atomic E-state index is 0.637. The van der Waals surface area contributed by atoms with Crippen LogP contribution in [0.2, 0.25) is 0 Å². The average molecular weight is 275 g/mol. The van der Waals surface area contributed by atoms with E-state index in [1.807, 2.05) is 30.6 Å². The number of ether oxygens (including phenoxy) is 1. The van der Waals surface area contributed by atoms with Crippen LogP contribution >= 0.6 is 0 Å². The number of nitrogens with one attached hydrogen (secondary N) is 2. The molecule has 1 saturated heterocycles. The van der Waals surface area contributed by atoms with Gasteiger partial charge in [0, 0.05) is 16.6 Å². The van der Waals surface area contributed by atoms with Crippen LogP contribution in [-0.4, -0.2) is 32.0 Å². The zero-order chi connectivity index (χ0) is 13.8. The van der Waals surface area contributed by atoms with E-state index in [1.54, 1.807) is 12.3 Å². The van der Waals surface area contributed by atoms with Gasteiger partial charge < -0.3 is 10.1 Å². The van der Waals surface area contributed by atoms with Gasteiger partial charge in [-0.2, -0.15) is 5.17 Å². The van der Waals surface area contributed by atoms with Crippen molar-refractivity contribution < 1.29 is 9.57 Å². The predicted octanol–water partition coefficient (Wildman–Crippen LogP) is -0.0774. The van der Waals surface area contributed by atoms with Crippen LogP contribution in [0.3, 0.4) is 0 Å². The highest BCUT2D eigenvalue weighted by Crippen LogP contribution is 2.12. The fourth-order valence-corrected chi connectivity index (χ4v) is 2.53. The molecule has 2 aliphatic rings. The lowest BCUT2D eigenvalue weighted by molar-refractivity contribution is -0.142. The monoisotopic (exact) mass is 275 g/mol. The highest BCUT2D eigenvalue weighted by Gasteiger charge is 2.14. The van der Waals surface area contributed by atoms with Crippen LogP contribution in [0.4, 0.5) is 0 Å². The molecule has 0 aliphatic carbocycles. The average Bonchev–Trinajstić information content (AvgIpc) is 2.53. The Morgan fingerprint density at radius 2 is 2.10 bits per heavy atom. The quantitative estimate of drug-likeness (QED) is 0.805. The number of benzene rings is 1. The predicted molar refractivity (Wildman–Crippen MR) is 77.7 cm³/mol. The van der Waals surface area contributed by atoms with Gasteiger partial charge in [-0.3, -0.25) is 10.3 Å². The van der Waals surface area contributed by atoms with Crippen molar-refractivity contribution in [3.05, 3.63) is 28.6 Å². The normalized spacial score (nSPS) is 18.6. The van der Waals surface area contributed by atoms with E-state index in [4.69, 9.17) is 9.57 Å². The first-order chi connectivity index (χ1) is 9.85. The van der Waals surface area contributed by atoms with Gasteiger partial charge in [0.25, 0.3) is 0 Å². The van der Waals surface area contributed by atoms with E-state index >= 15 is 0 Å². The smallest absolute Gasteiger partial charge is 0.119 e. The van der Waals surface area contributed by atoms with Crippen molar-refractivity contribution in [2.45, 2.75) is 12.8 Å². The molecular weight excluding hydrogens is 254 g/mol. The van der Waals surface area contributed by atoms with E-state index in [1.165, 1.54) is 12.8 Å². The Bertz CT molecular complexity index is 567. The Kier molecular flexibility index (Phi) is 4.08. The van der Waals surface area contributed by atoms with E-state index in [9.17, 15) is 0 Å². The Labute approximate surface area is 118 Å². The molecule has 0 amide bonds. The van der Waals surface area contributed by atoms with Gasteiger partial charge in [-0.25, -0.2) is 0 Å². The molecule has 1 aromatic rings. The molecule has 0 spiro atoms. The number of methoxy groups -OCH3 is 1. The summed E-state index contributed by atoms with van der Waals surface area (Å²) in [6, 6.07) is 5.99. The second-order valence-corrected chi connectivity index (χ2v) is 5.21. The Morgan fingerprint density at radius 1 is 1.25 bits per heavy atom. The highest BCUT2D eigenvalue weighted by molar-refractivity contribution is 5.37. The van der Waals surface area contributed by atoms with Gasteiger partial charge in [0.05, 0.1) is 19.9 Å². The molecule has 5 heteroatoms. The topological polar surface area (TPSA) is 45.8 Å². The summed E-state index contributed by atoms with van der Waals surface area (Å²) in [4.78, 5) is 5.82. The first-order valence-corrected chi connectivity index (χ1v) is 7.10. The zero-order valence-electron chi connectivity index (χ0n) is 11.8. The number of hydroxylamine groups is 1. The molecule has 0 aromatic heterocycles. The minimum atomic E-state index is 0.637. The molecular formula is C15H21N3O2. The van der Waals surface area contributed by atoms with Crippen molar-refractivity contribution in [1.82, 2.24) is 15.9 Å².